The molecule has 0 bridgehead atoms. The Morgan fingerprint density at radius 1 is 1.10 bits per heavy atom. The van der Waals surface area contributed by atoms with Crippen LogP contribution in [0.4, 0.5) is 4.39 Å². The van der Waals surface area contributed by atoms with Crippen LogP contribution in [-0.4, -0.2) is 7.05 Å². The quantitative estimate of drug-likeness (QED) is 0.717. The van der Waals surface area contributed by atoms with Crippen molar-refractivity contribution in [2.45, 2.75) is 6.04 Å². The fourth-order valence-electron chi connectivity index (χ4n) is 2.34. The summed E-state index contributed by atoms with van der Waals surface area (Å²) in [6.07, 6.45) is 0. The summed E-state index contributed by atoms with van der Waals surface area (Å²) in [5.74, 6) is 0.282. The van der Waals surface area contributed by atoms with E-state index in [-0.39, 0.29) is 11.1 Å². The maximum Gasteiger partial charge on any atom is 0.141 e. The van der Waals surface area contributed by atoms with Gasteiger partial charge in [0.25, 0.3) is 0 Å². The summed E-state index contributed by atoms with van der Waals surface area (Å²) in [6, 6.07) is 11.8. The van der Waals surface area contributed by atoms with E-state index in [2.05, 4.69) is 5.32 Å². The molecule has 1 N–H and O–H groups in total. The minimum atomic E-state index is -0.438. The highest BCUT2D eigenvalue weighted by Gasteiger charge is 2.18. The molecule has 0 radical (unpaired) electrons. The molecule has 0 spiro atoms. The summed E-state index contributed by atoms with van der Waals surface area (Å²) in [5, 5.41) is 4.81. The number of fused-ring (bicyclic) bond motifs is 1. The lowest BCUT2D eigenvalue weighted by atomic mass is 10.0. The van der Waals surface area contributed by atoms with Crippen molar-refractivity contribution in [1.29, 1.82) is 0 Å². The van der Waals surface area contributed by atoms with E-state index >= 15 is 0 Å². The van der Waals surface area contributed by atoms with Crippen molar-refractivity contribution in [1.82, 2.24) is 5.32 Å². The maximum atomic E-state index is 13.3. The van der Waals surface area contributed by atoms with E-state index < -0.39 is 5.82 Å². The van der Waals surface area contributed by atoms with Gasteiger partial charge in [0.15, 0.2) is 0 Å². The van der Waals surface area contributed by atoms with Gasteiger partial charge in [-0.15, -0.1) is 0 Å². The Balaban J connectivity index is 2.06. The van der Waals surface area contributed by atoms with Crippen LogP contribution in [0.15, 0.2) is 46.9 Å². The van der Waals surface area contributed by atoms with Gasteiger partial charge in [-0.2, -0.15) is 0 Å². The molecule has 0 saturated carbocycles. The van der Waals surface area contributed by atoms with Gasteiger partial charge in [0, 0.05) is 10.4 Å². The summed E-state index contributed by atoms with van der Waals surface area (Å²) in [4.78, 5) is 0. The Labute approximate surface area is 131 Å². The van der Waals surface area contributed by atoms with Crippen LogP contribution in [0.1, 0.15) is 17.4 Å². The van der Waals surface area contributed by atoms with Crippen molar-refractivity contribution < 1.29 is 8.81 Å². The van der Waals surface area contributed by atoms with Crippen LogP contribution in [0.25, 0.3) is 11.0 Å². The topological polar surface area (TPSA) is 25.2 Å². The molecular weight excluding hydrogens is 312 g/mol. The van der Waals surface area contributed by atoms with Crippen molar-refractivity contribution in [3.63, 3.8) is 0 Å². The second kappa shape index (κ2) is 5.68. The van der Waals surface area contributed by atoms with Crippen LogP contribution in [0, 0.1) is 5.82 Å². The average molecular weight is 324 g/mol. The predicted molar refractivity (Wildman–Crippen MR) is 83.5 cm³/mol. The number of furan rings is 1. The molecule has 0 aliphatic rings. The van der Waals surface area contributed by atoms with Crippen LogP contribution >= 0.6 is 23.2 Å². The normalized spacial score (nSPS) is 12.8. The number of hydrogen-bond acceptors (Lipinski definition) is 2. The van der Waals surface area contributed by atoms with E-state index in [1.165, 1.54) is 6.07 Å². The van der Waals surface area contributed by atoms with Crippen LogP contribution in [0.3, 0.4) is 0 Å². The zero-order valence-electron chi connectivity index (χ0n) is 11.2. The molecule has 0 aliphatic carbocycles. The third-order valence-corrected chi connectivity index (χ3v) is 3.87. The predicted octanol–water partition coefficient (Wildman–Crippen LogP) is 5.19. The smallest absolute Gasteiger partial charge is 0.141 e. The van der Waals surface area contributed by atoms with E-state index in [0.29, 0.717) is 5.02 Å². The average Bonchev–Trinajstić information content (AvgIpc) is 2.86. The van der Waals surface area contributed by atoms with Gasteiger partial charge in [-0.3, -0.25) is 0 Å². The SMILES string of the molecule is CNC(c1ccc(F)c(Cl)c1)c1cc2cc(Cl)ccc2o1. The lowest BCUT2D eigenvalue weighted by Crippen LogP contribution is -2.17. The standard InChI is InChI=1S/C16H12Cl2FNO/c1-20-16(9-2-4-13(19)12(18)7-9)15-8-10-6-11(17)3-5-14(10)21-15/h2-8,16,20H,1H3. The molecule has 0 aliphatic heterocycles. The lowest BCUT2D eigenvalue weighted by molar-refractivity contribution is 0.491. The maximum absolute atomic E-state index is 13.3. The first-order chi connectivity index (χ1) is 10.1. The largest absolute Gasteiger partial charge is 0.459 e. The van der Waals surface area contributed by atoms with E-state index in [9.17, 15) is 4.39 Å². The molecule has 0 saturated heterocycles. The van der Waals surface area contributed by atoms with Gasteiger partial charge in [-0.05, 0) is 49.0 Å². The molecule has 1 atom stereocenters. The van der Waals surface area contributed by atoms with Crippen LogP contribution in [0.5, 0.6) is 0 Å². The Morgan fingerprint density at radius 3 is 2.62 bits per heavy atom. The van der Waals surface area contributed by atoms with E-state index in [1.807, 2.05) is 25.2 Å². The monoisotopic (exact) mass is 323 g/mol. The Hall–Kier alpha value is -1.55. The molecule has 5 heteroatoms. The third kappa shape index (κ3) is 2.77. The van der Waals surface area contributed by atoms with Crippen LogP contribution in [0.2, 0.25) is 10.0 Å². The molecular formula is C16H12Cl2FNO. The highest BCUT2D eigenvalue weighted by Crippen LogP contribution is 2.31. The first-order valence-corrected chi connectivity index (χ1v) is 7.15. The number of hydrogen-bond donors (Lipinski definition) is 1. The molecule has 0 amide bonds. The molecule has 2 nitrogen and oxygen atoms in total. The third-order valence-electron chi connectivity index (χ3n) is 3.35. The Morgan fingerprint density at radius 2 is 1.90 bits per heavy atom. The molecule has 0 fully saturated rings. The highest BCUT2D eigenvalue weighted by molar-refractivity contribution is 6.31. The van der Waals surface area contributed by atoms with Gasteiger partial charge < -0.3 is 9.73 Å². The highest BCUT2D eigenvalue weighted by atomic mass is 35.5. The van der Waals surface area contributed by atoms with Crippen LogP contribution in [-0.2, 0) is 0 Å². The first kappa shape index (κ1) is 14.4. The Bertz CT molecular complexity index is 800. The van der Waals surface area contributed by atoms with Gasteiger partial charge in [0.1, 0.15) is 17.2 Å². The number of benzene rings is 2. The number of nitrogens with one attached hydrogen (secondary N) is 1. The number of halogens is 3. The molecule has 21 heavy (non-hydrogen) atoms. The lowest BCUT2D eigenvalue weighted by Gasteiger charge is -2.14. The molecule has 3 rings (SSSR count). The number of rotatable bonds is 3. The van der Waals surface area contributed by atoms with Gasteiger partial charge in [0.2, 0.25) is 0 Å². The minimum absolute atomic E-state index is 0.0897. The summed E-state index contributed by atoms with van der Waals surface area (Å²) in [5.41, 5.74) is 1.58. The zero-order chi connectivity index (χ0) is 15.0. The van der Waals surface area contributed by atoms with E-state index in [1.54, 1.807) is 18.2 Å². The Kier molecular flexibility index (Phi) is 3.89. The van der Waals surface area contributed by atoms with E-state index in [0.717, 1.165) is 22.3 Å². The fraction of sp³-hybridized carbons (Fsp3) is 0.125. The molecule has 1 heterocycles. The van der Waals surface area contributed by atoms with Crippen molar-refractivity contribution >= 4 is 34.2 Å². The molecule has 2 aromatic carbocycles. The minimum Gasteiger partial charge on any atom is -0.459 e. The summed E-state index contributed by atoms with van der Waals surface area (Å²) >= 11 is 11.8. The van der Waals surface area contributed by atoms with Crippen molar-refractivity contribution in [3.05, 3.63) is 69.7 Å². The van der Waals surface area contributed by atoms with Gasteiger partial charge in [0.05, 0.1) is 11.1 Å². The summed E-state index contributed by atoms with van der Waals surface area (Å²) < 4.78 is 19.1. The molecule has 1 unspecified atom stereocenters. The molecule has 108 valence electrons. The van der Waals surface area contributed by atoms with E-state index in [4.69, 9.17) is 27.6 Å². The van der Waals surface area contributed by atoms with Gasteiger partial charge in [-0.1, -0.05) is 29.3 Å². The molecule has 3 aromatic rings. The zero-order valence-corrected chi connectivity index (χ0v) is 12.7. The fourth-order valence-corrected chi connectivity index (χ4v) is 2.71. The summed E-state index contributed by atoms with van der Waals surface area (Å²) in [6.45, 7) is 0. The van der Waals surface area contributed by atoms with Crippen LogP contribution < -0.4 is 5.32 Å². The van der Waals surface area contributed by atoms with Crippen molar-refractivity contribution in [2.24, 2.45) is 0 Å². The van der Waals surface area contributed by atoms with Gasteiger partial charge >= 0.3 is 0 Å². The van der Waals surface area contributed by atoms with Crippen molar-refractivity contribution in [2.75, 3.05) is 7.05 Å². The van der Waals surface area contributed by atoms with Crippen molar-refractivity contribution in [3.8, 4) is 0 Å². The molecule has 1 aromatic heterocycles. The van der Waals surface area contributed by atoms with Gasteiger partial charge in [-0.25, -0.2) is 4.39 Å². The summed E-state index contributed by atoms with van der Waals surface area (Å²) in [7, 11) is 1.81. The first-order valence-electron chi connectivity index (χ1n) is 6.39. The second-order valence-corrected chi connectivity index (χ2v) is 5.57. The second-order valence-electron chi connectivity index (χ2n) is 4.73.